The molecular weight excluding hydrogens is 208 g/mol. The number of hydrogen-bond donors (Lipinski definition) is 2. The van der Waals surface area contributed by atoms with E-state index in [9.17, 15) is 0 Å². The number of hydrazine groups is 1. The van der Waals surface area contributed by atoms with Gasteiger partial charge in [-0.25, -0.2) is 0 Å². The summed E-state index contributed by atoms with van der Waals surface area (Å²) in [5, 5.41) is 2.58. The van der Waals surface area contributed by atoms with E-state index < -0.39 is 0 Å². The summed E-state index contributed by atoms with van der Waals surface area (Å²) in [4.78, 5) is 0. The topological polar surface area (TPSA) is 38.0 Å². The van der Waals surface area contributed by atoms with E-state index >= 15 is 0 Å². The molecule has 0 saturated carbocycles. The molecule has 3 heteroatoms. The molecule has 0 aromatic heterocycles. The van der Waals surface area contributed by atoms with E-state index in [0.29, 0.717) is 0 Å². The Morgan fingerprint density at radius 3 is 2.47 bits per heavy atom. The zero-order valence-corrected chi connectivity index (χ0v) is 9.26. The third-order valence-corrected chi connectivity index (χ3v) is 2.37. The quantitative estimate of drug-likeness (QED) is 0.618. The van der Waals surface area contributed by atoms with Gasteiger partial charge in [0.25, 0.3) is 0 Å². The SMILES string of the molecule is Cl.NNCCc1ccc2ccccc2c1. The number of nitrogens with one attached hydrogen (secondary N) is 1. The predicted octanol–water partition coefficient (Wildman–Crippen LogP) is 2.27. The van der Waals surface area contributed by atoms with Crippen LogP contribution in [0.3, 0.4) is 0 Å². The summed E-state index contributed by atoms with van der Waals surface area (Å²) < 4.78 is 0. The van der Waals surface area contributed by atoms with Crippen molar-refractivity contribution in [1.29, 1.82) is 0 Å². The molecule has 2 aromatic carbocycles. The van der Waals surface area contributed by atoms with Gasteiger partial charge in [-0.1, -0.05) is 42.5 Å². The highest BCUT2D eigenvalue weighted by atomic mass is 35.5. The molecule has 80 valence electrons. The van der Waals surface area contributed by atoms with Crippen molar-refractivity contribution < 1.29 is 0 Å². The third-order valence-electron chi connectivity index (χ3n) is 2.37. The van der Waals surface area contributed by atoms with E-state index in [1.165, 1.54) is 16.3 Å². The number of hydrogen-bond acceptors (Lipinski definition) is 2. The Labute approximate surface area is 95.9 Å². The lowest BCUT2D eigenvalue weighted by Gasteiger charge is -2.02. The van der Waals surface area contributed by atoms with Crippen molar-refractivity contribution in [2.45, 2.75) is 6.42 Å². The fourth-order valence-corrected chi connectivity index (χ4v) is 1.61. The van der Waals surface area contributed by atoms with Gasteiger partial charge in [-0.2, -0.15) is 0 Å². The minimum absolute atomic E-state index is 0. The summed E-state index contributed by atoms with van der Waals surface area (Å²) in [5.74, 6) is 5.24. The van der Waals surface area contributed by atoms with Gasteiger partial charge in [0.05, 0.1) is 0 Å². The molecule has 3 N–H and O–H groups in total. The van der Waals surface area contributed by atoms with Crippen LogP contribution in [0.15, 0.2) is 42.5 Å². The van der Waals surface area contributed by atoms with Crippen molar-refractivity contribution in [3.63, 3.8) is 0 Å². The van der Waals surface area contributed by atoms with Crippen LogP contribution < -0.4 is 11.3 Å². The molecule has 2 rings (SSSR count). The van der Waals surface area contributed by atoms with E-state index in [0.717, 1.165) is 13.0 Å². The van der Waals surface area contributed by atoms with Gasteiger partial charge in [0.2, 0.25) is 0 Å². The summed E-state index contributed by atoms with van der Waals surface area (Å²) in [5.41, 5.74) is 3.99. The summed E-state index contributed by atoms with van der Waals surface area (Å²) >= 11 is 0. The van der Waals surface area contributed by atoms with Crippen LogP contribution in [0.2, 0.25) is 0 Å². The highest BCUT2D eigenvalue weighted by molar-refractivity contribution is 5.85. The van der Waals surface area contributed by atoms with Crippen molar-refractivity contribution in [1.82, 2.24) is 5.43 Å². The molecule has 0 atom stereocenters. The van der Waals surface area contributed by atoms with Gasteiger partial charge in [0, 0.05) is 6.54 Å². The minimum atomic E-state index is 0. The maximum atomic E-state index is 5.24. The van der Waals surface area contributed by atoms with E-state index in [1.807, 2.05) is 0 Å². The van der Waals surface area contributed by atoms with Crippen molar-refractivity contribution in [3.8, 4) is 0 Å². The fourth-order valence-electron chi connectivity index (χ4n) is 1.61. The smallest absolute Gasteiger partial charge is 0.0138 e. The van der Waals surface area contributed by atoms with Crippen LogP contribution in [0.25, 0.3) is 10.8 Å². The molecule has 2 aromatic rings. The van der Waals surface area contributed by atoms with Crippen LogP contribution in [0, 0.1) is 0 Å². The standard InChI is InChI=1S/C12H14N2.ClH/c13-14-8-7-10-5-6-11-3-1-2-4-12(11)9-10;/h1-6,9,14H,7-8,13H2;1H. The zero-order chi connectivity index (χ0) is 9.80. The van der Waals surface area contributed by atoms with Crippen LogP contribution in [-0.4, -0.2) is 6.54 Å². The third kappa shape index (κ3) is 2.93. The first-order chi connectivity index (χ1) is 6.90. The Bertz CT molecular complexity index is 429. The molecular formula is C12H15ClN2. The van der Waals surface area contributed by atoms with Gasteiger partial charge in [-0.05, 0) is 22.8 Å². The van der Waals surface area contributed by atoms with Gasteiger partial charge in [-0.15, -0.1) is 12.4 Å². The van der Waals surface area contributed by atoms with Crippen LogP contribution in [0.5, 0.6) is 0 Å². The highest BCUT2D eigenvalue weighted by Crippen LogP contribution is 2.15. The zero-order valence-electron chi connectivity index (χ0n) is 8.44. The molecule has 0 aliphatic carbocycles. The highest BCUT2D eigenvalue weighted by Gasteiger charge is 1.95. The van der Waals surface area contributed by atoms with E-state index in [1.54, 1.807) is 0 Å². The fraction of sp³-hybridized carbons (Fsp3) is 0.167. The molecule has 0 bridgehead atoms. The molecule has 2 nitrogen and oxygen atoms in total. The van der Waals surface area contributed by atoms with E-state index in [4.69, 9.17) is 5.84 Å². The van der Waals surface area contributed by atoms with Crippen LogP contribution in [0.1, 0.15) is 5.56 Å². The van der Waals surface area contributed by atoms with Crippen LogP contribution >= 0.6 is 12.4 Å². The molecule has 0 aliphatic rings. The van der Waals surface area contributed by atoms with Gasteiger partial charge in [0.15, 0.2) is 0 Å². The molecule has 0 radical (unpaired) electrons. The largest absolute Gasteiger partial charge is 0.271 e. The average molecular weight is 223 g/mol. The molecule has 0 fully saturated rings. The van der Waals surface area contributed by atoms with Crippen molar-refractivity contribution in [2.75, 3.05) is 6.54 Å². The number of fused-ring (bicyclic) bond motifs is 1. The second-order valence-corrected chi connectivity index (χ2v) is 3.39. The predicted molar refractivity (Wildman–Crippen MR) is 67.1 cm³/mol. The maximum absolute atomic E-state index is 5.24. The van der Waals surface area contributed by atoms with Crippen LogP contribution in [0.4, 0.5) is 0 Å². The molecule has 0 heterocycles. The van der Waals surface area contributed by atoms with Crippen molar-refractivity contribution in [3.05, 3.63) is 48.0 Å². The lowest BCUT2D eigenvalue weighted by molar-refractivity contribution is 0.729. The minimum Gasteiger partial charge on any atom is -0.271 e. The van der Waals surface area contributed by atoms with Crippen LogP contribution in [-0.2, 0) is 6.42 Å². The Morgan fingerprint density at radius 1 is 1.00 bits per heavy atom. The second-order valence-electron chi connectivity index (χ2n) is 3.39. The molecule has 0 saturated heterocycles. The van der Waals surface area contributed by atoms with E-state index in [2.05, 4.69) is 47.9 Å². The Hall–Kier alpha value is -1.09. The number of rotatable bonds is 3. The number of nitrogens with two attached hydrogens (primary N) is 1. The molecule has 0 amide bonds. The molecule has 0 aliphatic heterocycles. The van der Waals surface area contributed by atoms with Gasteiger partial charge in [-0.3, -0.25) is 11.3 Å². The first-order valence-corrected chi connectivity index (χ1v) is 4.81. The number of benzene rings is 2. The molecule has 0 spiro atoms. The normalized spacial score (nSPS) is 9.93. The molecule has 0 unspecified atom stereocenters. The lowest BCUT2D eigenvalue weighted by Crippen LogP contribution is -2.24. The first-order valence-electron chi connectivity index (χ1n) is 4.81. The number of halogens is 1. The summed E-state index contributed by atoms with van der Waals surface area (Å²) in [6, 6.07) is 14.9. The Balaban J connectivity index is 0.00000112. The van der Waals surface area contributed by atoms with Gasteiger partial charge in [0.1, 0.15) is 0 Å². The van der Waals surface area contributed by atoms with Crippen molar-refractivity contribution >= 4 is 23.2 Å². The summed E-state index contributed by atoms with van der Waals surface area (Å²) in [7, 11) is 0. The maximum Gasteiger partial charge on any atom is 0.0138 e. The van der Waals surface area contributed by atoms with Crippen molar-refractivity contribution in [2.24, 2.45) is 5.84 Å². The second kappa shape index (κ2) is 5.71. The molecule has 15 heavy (non-hydrogen) atoms. The van der Waals surface area contributed by atoms with Gasteiger partial charge >= 0.3 is 0 Å². The summed E-state index contributed by atoms with van der Waals surface area (Å²) in [6.45, 7) is 0.818. The Morgan fingerprint density at radius 2 is 1.73 bits per heavy atom. The summed E-state index contributed by atoms with van der Waals surface area (Å²) in [6.07, 6.45) is 0.974. The first kappa shape index (κ1) is 12.0. The average Bonchev–Trinajstić information content (AvgIpc) is 2.26. The monoisotopic (exact) mass is 222 g/mol. The lowest BCUT2D eigenvalue weighted by atomic mass is 10.1. The van der Waals surface area contributed by atoms with E-state index in [-0.39, 0.29) is 12.4 Å². The van der Waals surface area contributed by atoms with Gasteiger partial charge < -0.3 is 0 Å². The Kier molecular flexibility index (Phi) is 4.56.